The number of ether oxygens (including phenoxy) is 2. The van der Waals surface area contributed by atoms with Gasteiger partial charge in [0.1, 0.15) is 0 Å². The van der Waals surface area contributed by atoms with Crippen LogP contribution in [0.15, 0.2) is 29.2 Å². The molecule has 0 heterocycles. The molecule has 0 aliphatic carbocycles. The molecule has 112 valence electrons. The molecule has 0 N–H and O–H groups in total. The van der Waals surface area contributed by atoms with Crippen molar-refractivity contribution in [2.45, 2.75) is 18.7 Å². The number of hydrogen-bond acceptors (Lipinski definition) is 4. The van der Waals surface area contributed by atoms with Crippen molar-refractivity contribution in [2.24, 2.45) is 0 Å². The van der Waals surface area contributed by atoms with Crippen LogP contribution in [0.1, 0.15) is 24.2 Å². The number of amides is 1. The fourth-order valence-electron chi connectivity index (χ4n) is 1.78. The molecule has 0 bridgehead atoms. The highest BCUT2D eigenvalue weighted by Gasteiger charge is 2.17. The minimum atomic E-state index is -0.0324. The Labute approximate surface area is 126 Å². The molecule has 0 unspecified atom stereocenters. The van der Waals surface area contributed by atoms with E-state index in [1.807, 2.05) is 32.0 Å². The minimum absolute atomic E-state index is 0.0324. The Kier molecular flexibility index (Phi) is 8.34. The van der Waals surface area contributed by atoms with Gasteiger partial charge in [-0.25, -0.2) is 0 Å². The van der Waals surface area contributed by atoms with E-state index in [0.29, 0.717) is 50.0 Å². The van der Waals surface area contributed by atoms with Crippen molar-refractivity contribution in [2.75, 3.05) is 39.5 Å². The molecule has 1 rings (SSSR count). The van der Waals surface area contributed by atoms with Crippen LogP contribution in [0.4, 0.5) is 0 Å². The van der Waals surface area contributed by atoms with E-state index in [9.17, 15) is 4.79 Å². The third-order valence-electron chi connectivity index (χ3n) is 2.84. The van der Waals surface area contributed by atoms with Crippen molar-refractivity contribution in [1.82, 2.24) is 4.90 Å². The van der Waals surface area contributed by atoms with Crippen LogP contribution >= 0.6 is 12.6 Å². The Hall–Kier alpha value is -1.04. The predicted molar refractivity (Wildman–Crippen MR) is 82.6 cm³/mol. The maximum atomic E-state index is 12.5. The summed E-state index contributed by atoms with van der Waals surface area (Å²) in [5, 5.41) is 0. The summed E-state index contributed by atoms with van der Waals surface area (Å²) in [4.78, 5) is 15.0. The molecular formula is C15H23NO3S. The monoisotopic (exact) mass is 297 g/mol. The van der Waals surface area contributed by atoms with Crippen molar-refractivity contribution < 1.29 is 14.3 Å². The second-order valence-corrected chi connectivity index (χ2v) is 4.69. The number of benzene rings is 1. The van der Waals surface area contributed by atoms with E-state index < -0.39 is 0 Å². The Bertz CT molecular complexity index is 402. The highest BCUT2D eigenvalue weighted by atomic mass is 32.1. The summed E-state index contributed by atoms with van der Waals surface area (Å²) in [6, 6.07) is 7.32. The Morgan fingerprint density at radius 2 is 1.65 bits per heavy atom. The van der Waals surface area contributed by atoms with Crippen LogP contribution < -0.4 is 0 Å². The average molecular weight is 297 g/mol. The molecule has 0 aliphatic rings. The van der Waals surface area contributed by atoms with Gasteiger partial charge in [-0.1, -0.05) is 12.1 Å². The fraction of sp³-hybridized carbons (Fsp3) is 0.533. The van der Waals surface area contributed by atoms with Crippen LogP contribution in [0.2, 0.25) is 0 Å². The van der Waals surface area contributed by atoms with E-state index in [-0.39, 0.29) is 5.91 Å². The molecule has 0 aliphatic heterocycles. The van der Waals surface area contributed by atoms with E-state index in [1.165, 1.54) is 0 Å². The minimum Gasteiger partial charge on any atom is -0.380 e. The topological polar surface area (TPSA) is 38.8 Å². The molecule has 1 amide bonds. The average Bonchev–Trinajstić information content (AvgIpc) is 2.46. The van der Waals surface area contributed by atoms with Gasteiger partial charge < -0.3 is 14.4 Å². The van der Waals surface area contributed by atoms with Crippen LogP contribution in [0.25, 0.3) is 0 Å². The first-order chi connectivity index (χ1) is 9.70. The zero-order valence-electron chi connectivity index (χ0n) is 12.2. The van der Waals surface area contributed by atoms with E-state index >= 15 is 0 Å². The molecule has 0 spiro atoms. The Morgan fingerprint density at radius 1 is 1.10 bits per heavy atom. The molecule has 0 aromatic heterocycles. The molecule has 0 saturated heterocycles. The molecule has 0 saturated carbocycles. The Balaban J connectivity index is 2.69. The van der Waals surface area contributed by atoms with Gasteiger partial charge in [-0.15, -0.1) is 12.6 Å². The van der Waals surface area contributed by atoms with Gasteiger partial charge in [0.25, 0.3) is 5.91 Å². The summed E-state index contributed by atoms with van der Waals surface area (Å²) in [6.07, 6.45) is 0. The second-order valence-electron chi connectivity index (χ2n) is 4.20. The SMILES string of the molecule is CCOCCN(CCOCC)C(=O)c1ccccc1S. The lowest BCUT2D eigenvalue weighted by Gasteiger charge is -2.23. The summed E-state index contributed by atoms with van der Waals surface area (Å²) in [5.41, 5.74) is 0.615. The molecular weight excluding hydrogens is 274 g/mol. The third-order valence-corrected chi connectivity index (χ3v) is 3.23. The summed E-state index contributed by atoms with van der Waals surface area (Å²) < 4.78 is 10.7. The van der Waals surface area contributed by atoms with Crippen LogP contribution in [-0.4, -0.2) is 50.3 Å². The smallest absolute Gasteiger partial charge is 0.255 e. The van der Waals surface area contributed by atoms with Crippen LogP contribution in [0, 0.1) is 0 Å². The molecule has 1 aromatic rings. The van der Waals surface area contributed by atoms with E-state index in [1.54, 1.807) is 11.0 Å². The molecule has 0 radical (unpaired) electrons. The van der Waals surface area contributed by atoms with Gasteiger partial charge in [0, 0.05) is 31.2 Å². The van der Waals surface area contributed by atoms with Crippen molar-refractivity contribution >= 4 is 18.5 Å². The molecule has 20 heavy (non-hydrogen) atoms. The predicted octanol–water partition coefficient (Wildman–Crippen LogP) is 2.49. The van der Waals surface area contributed by atoms with Crippen molar-refractivity contribution in [3.63, 3.8) is 0 Å². The van der Waals surface area contributed by atoms with Crippen LogP contribution in [0.3, 0.4) is 0 Å². The zero-order chi connectivity index (χ0) is 14.8. The quantitative estimate of drug-likeness (QED) is 0.562. The standard InChI is InChI=1S/C15H23NO3S/c1-3-18-11-9-16(10-12-19-4-2)15(17)13-7-5-6-8-14(13)20/h5-8,20H,3-4,9-12H2,1-2H3. The van der Waals surface area contributed by atoms with Gasteiger partial charge in [-0.2, -0.15) is 0 Å². The number of carbonyl (C=O) groups excluding carboxylic acids is 1. The van der Waals surface area contributed by atoms with Gasteiger partial charge in [0.05, 0.1) is 18.8 Å². The maximum absolute atomic E-state index is 12.5. The lowest BCUT2D eigenvalue weighted by molar-refractivity contribution is 0.0547. The van der Waals surface area contributed by atoms with E-state index in [2.05, 4.69) is 12.6 Å². The number of nitrogens with zero attached hydrogens (tertiary/aromatic N) is 1. The largest absolute Gasteiger partial charge is 0.380 e. The van der Waals surface area contributed by atoms with Gasteiger partial charge in [0.2, 0.25) is 0 Å². The first-order valence-corrected chi connectivity index (χ1v) is 7.38. The second kappa shape index (κ2) is 9.80. The number of rotatable bonds is 9. The van der Waals surface area contributed by atoms with Gasteiger partial charge in [0.15, 0.2) is 0 Å². The van der Waals surface area contributed by atoms with Gasteiger partial charge in [-0.05, 0) is 26.0 Å². The van der Waals surface area contributed by atoms with Crippen LogP contribution in [0.5, 0.6) is 0 Å². The summed E-state index contributed by atoms with van der Waals surface area (Å²) in [6.45, 7) is 7.36. The van der Waals surface area contributed by atoms with Gasteiger partial charge in [-0.3, -0.25) is 4.79 Å². The Morgan fingerprint density at radius 3 is 2.15 bits per heavy atom. The molecule has 1 aromatic carbocycles. The highest BCUT2D eigenvalue weighted by Crippen LogP contribution is 2.15. The lowest BCUT2D eigenvalue weighted by Crippen LogP contribution is -2.37. The zero-order valence-corrected chi connectivity index (χ0v) is 13.1. The fourth-order valence-corrected chi connectivity index (χ4v) is 2.03. The number of thiol groups is 1. The molecule has 5 heteroatoms. The third kappa shape index (κ3) is 5.53. The molecule has 0 atom stereocenters. The van der Waals surface area contributed by atoms with Crippen molar-refractivity contribution in [1.29, 1.82) is 0 Å². The number of hydrogen-bond donors (Lipinski definition) is 1. The maximum Gasteiger partial charge on any atom is 0.255 e. The summed E-state index contributed by atoms with van der Waals surface area (Å²) in [7, 11) is 0. The van der Waals surface area contributed by atoms with E-state index in [0.717, 1.165) is 0 Å². The first-order valence-electron chi connectivity index (χ1n) is 6.93. The molecule has 0 fully saturated rings. The highest BCUT2D eigenvalue weighted by molar-refractivity contribution is 7.80. The molecule has 4 nitrogen and oxygen atoms in total. The van der Waals surface area contributed by atoms with Gasteiger partial charge >= 0.3 is 0 Å². The van der Waals surface area contributed by atoms with E-state index in [4.69, 9.17) is 9.47 Å². The first kappa shape index (κ1) is 17.0. The lowest BCUT2D eigenvalue weighted by atomic mass is 10.2. The summed E-state index contributed by atoms with van der Waals surface area (Å²) >= 11 is 4.34. The van der Waals surface area contributed by atoms with Crippen molar-refractivity contribution in [3.8, 4) is 0 Å². The van der Waals surface area contributed by atoms with Crippen LogP contribution in [-0.2, 0) is 9.47 Å². The summed E-state index contributed by atoms with van der Waals surface area (Å²) in [5.74, 6) is -0.0324. The number of carbonyl (C=O) groups is 1. The van der Waals surface area contributed by atoms with Crippen molar-refractivity contribution in [3.05, 3.63) is 29.8 Å². The normalized spacial score (nSPS) is 10.6.